The van der Waals surface area contributed by atoms with Crippen molar-refractivity contribution in [3.8, 4) is 0 Å². The first kappa shape index (κ1) is 9.93. The van der Waals surface area contributed by atoms with Crippen LogP contribution < -0.4 is 0 Å². The second-order valence-corrected chi connectivity index (χ2v) is 2.01. The molecule has 6 heteroatoms. The van der Waals surface area contributed by atoms with E-state index in [1.807, 2.05) is 0 Å². The molecule has 0 aromatic carbocycles. The second-order valence-electron chi connectivity index (χ2n) is 1.60. The first-order chi connectivity index (χ1) is 4.95. The molecule has 11 heavy (non-hydrogen) atoms. The summed E-state index contributed by atoms with van der Waals surface area (Å²) in [5.41, 5.74) is 0. The molecule has 0 heterocycles. The Bertz CT molecular complexity index is 209. The lowest BCUT2D eigenvalue weighted by atomic mass is 10.3. The van der Waals surface area contributed by atoms with Gasteiger partial charge in [0.2, 0.25) is 0 Å². The van der Waals surface area contributed by atoms with Crippen molar-refractivity contribution in [2.75, 3.05) is 0 Å². The predicted molar refractivity (Wildman–Crippen MR) is 35.2 cm³/mol. The summed E-state index contributed by atoms with van der Waals surface area (Å²) in [5, 5.41) is 24.0. The number of halogens is 1. The molecular formula is C5H5ClO5. The third kappa shape index (κ3) is 3.59. The van der Waals surface area contributed by atoms with E-state index in [-0.39, 0.29) is 0 Å². The number of aliphatic hydroxyl groups is 1. The quantitative estimate of drug-likeness (QED) is 0.516. The van der Waals surface area contributed by atoms with Crippen LogP contribution in [0.2, 0.25) is 0 Å². The Kier molecular flexibility index (Phi) is 3.56. The first-order valence-electron chi connectivity index (χ1n) is 2.46. The molecule has 0 saturated heterocycles. The van der Waals surface area contributed by atoms with Crippen LogP contribution in [-0.4, -0.2) is 33.4 Å². The minimum atomic E-state index is -1.88. The lowest BCUT2D eigenvalue weighted by molar-refractivity contribution is -0.144. The average Bonchev–Trinajstić information content (AvgIpc) is 1.87. The van der Waals surface area contributed by atoms with E-state index in [9.17, 15) is 9.59 Å². The Hall–Kier alpha value is -1.07. The molecule has 0 fully saturated rings. The summed E-state index contributed by atoms with van der Waals surface area (Å²) in [5.74, 6) is -3.03. The number of hydrogen-bond acceptors (Lipinski definition) is 3. The highest BCUT2D eigenvalue weighted by Crippen LogP contribution is 2.02. The van der Waals surface area contributed by atoms with Gasteiger partial charge < -0.3 is 15.3 Å². The van der Waals surface area contributed by atoms with Crippen molar-refractivity contribution >= 4 is 23.5 Å². The lowest BCUT2D eigenvalue weighted by Gasteiger charge is -1.96. The van der Waals surface area contributed by atoms with Crippen LogP contribution in [0.25, 0.3) is 0 Å². The molecular weight excluding hydrogens is 176 g/mol. The van der Waals surface area contributed by atoms with Crippen LogP contribution in [0.1, 0.15) is 0 Å². The Morgan fingerprint density at radius 1 is 1.36 bits per heavy atom. The van der Waals surface area contributed by atoms with Crippen LogP contribution in [0.15, 0.2) is 11.1 Å². The minimum absolute atomic E-state index is 0.520. The first-order valence-corrected chi connectivity index (χ1v) is 2.84. The smallest absolute Gasteiger partial charge is 0.347 e. The standard InChI is InChI=1S/C5H5ClO5/c6-2(4(8)9)1-3(7)5(10)11/h1,3,7H,(H,8,9)(H,10,11)/b2-1-. The van der Waals surface area contributed by atoms with Gasteiger partial charge in [0, 0.05) is 0 Å². The van der Waals surface area contributed by atoms with Crippen LogP contribution in [0.5, 0.6) is 0 Å². The Morgan fingerprint density at radius 3 is 2.09 bits per heavy atom. The molecule has 0 aromatic heterocycles. The molecule has 5 nitrogen and oxygen atoms in total. The Morgan fingerprint density at radius 2 is 1.82 bits per heavy atom. The molecule has 1 unspecified atom stereocenters. The van der Waals surface area contributed by atoms with E-state index in [2.05, 4.69) is 0 Å². The zero-order valence-corrected chi connectivity index (χ0v) is 5.95. The Labute approximate surface area is 66.5 Å². The Balaban J connectivity index is 4.31. The summed E-state index contributed by atoms with van der Waals surface area (Å²) in [6.07, 6.45) is -1.36. The molecule has 0 rings (SSSR count). The molecule has 62 valence electrons. The van der Waals surface area contributed by atoms with Gasteiger partial charge in [0.25, 0.3) is 0 Å². The number of rotatable bonds is 3. The third-order valence-corrected chi connectivity index (χ3v) is 1.05. The molecule has 3 N–H and O–H groups in total. The molecule has 0 amide bonds. The van der Waals surface area contributed by atoms with Crippen molar-refractivity contribution in [2.45, 2.75) is 6.10 Å². The van der Waals surface area contributed by atoms with Gasteiger partial charge in [-0.3, -0.25) is 0 Å². The van der Waals surface area contributed by atoms with Gasteiger partial charge in [-0.2, -0.15) is 0 Å². The number of aliphatic carboxylic acids is 2. The predicted octanol–water partition coefficient (Wildman–Crippen LogP) is -0.361. The number of aliphatic hydroxyl groups excluding tert-OH is 1. The van der Waals surface area contributed by atoms with Crippen LogP contribution in [0, 0.1) is 0 Å². The van der Waals surface area contributed by atoms with Gasteiger partial charge >= 0.3 is 11.9 Å². The maximum absolute atomic E-state index is 9.95. The lowest BCUT2D eigenvalue weighted by Crippen LogP contribution is -2.17. The van der Waals surface area contributed by atoms with Gasteiger partial charge in [-0.1, -0.05) is 11.6 Å². The van der Waals surface area contributed by atoms with Crippen LogP contribution >= 0.6 is 11.6 Å². The molecule has 0 aliphatic heterocycles. The highest BCUT2D eigenvalue weighted by atomic mass is 35.5. The van der Waals surface area contributed by atoms with Crippen LogP contribution in [0.3, 0.4) is 0 Å². The summed E-state index contributed by atoms with van der Waals surface area (Å²) < 4.78 is 0. The van der Waals surface area contributed by atoms with E-state index in [1.54, 1.807) is 0 Å². The topological polar surface area (TPSA) is 94.8 Å². The van der Waals surface area contributed by atoms with Gasteiger partial charge in [0.1, 0.15) is 5.03 Å². The fraction of sp³-hybridized carbons (Fsp3) is 0.200. The molecule has 0 aliphatic carbocycles. The monoisotopic (exact) mass is 180 g/mol. The normalized spacial score (nSPS) is 14.2. The zero-order chi connectivity index (χ0) is 9.02. The molecule has 1 atom stereocenters. The maximum atomic E-state index is 9.95. The maximum Gasteiger partial charge on any atom is 0.347 e. The molecule has 0 bridgehead atoms. The number of carboxylic acid groups (broad SMARTS) is 2. The molecule has 0 spiro atoms. The third-order valence-electron chi connectivity index (χ3n) is 0.762. The molecule has 0 aliphatic rings. The van der Waals surface area contributed by atoms with Crippen LogP contribution in [0.4, 0.5) is 0 Å². The minimum Gasteiger partial charge on any atom is -0.479 e. The summed E-state index contributed by atoms with van der Waals surface area (Å²) in [7, 11) is 0. The van der Waals surface area contributed by atoms with Gasteiger partial charge in [-0.25, -0.2) is 9.59 Å². The SMILES string of the molecule is O=C(O)/C(Cl)=C/C(O)C(=O)O. The van der Waals surface area contributed by atoms with E-state index < -0.39 is 23.1 Å². The van der Waals surface area contributed by atoms with Crippen molar-refractivity contribution in [1.29, 1.82) is 0 Å². The van der Waals surface area contributed by atoms with Gasteiger partial charge in [0.15, 0.2) is 6.10 Å². The summed E-state index contributed by atoms with van der Waals surface area (Å²) >= 11 is 4.99. The van der Waals surface area contributed by atoms with E-state index >= 15 is 0 Å². The van der Waals surface area contributed by atoms with Crippen molar-refractivity contribution in [3.05, 3.63) is 11.1 Å². The number of carboxylic acids is 2. The molecule has 0 radical (unpaired) electrons. The zero-order valence-electron chi connectivity index (χ0n) is 5.19. The van der Waals surface area contributed by atoms with Gasteiger partial charge in [-0.15, -0.1) is 0 Å². The van der Waals surface area contributed by atoms with E-state index in [0.29, 0.717) is 6.08 Å². The number of hydrogen-bond donors (Lipinski definition) is 3. The van der Waals surface area contributed by atoms with Crippen LogP contribution in [-0.2, 0) is 9.59 Å². The molecule has 0 aromatic rings. The van der Waals surface area contributed by atoms with E-state index in [0.717, 1.165) is 0 Å². The summed E-state index contributed by atoms with van der Waals surface area (Å²) in [6, 6.07) is 0. The highest BCUT2D eigenvalue weighted by Gasteiger charge is 2.13. The highest BCUT2D eigenvalue weighted by molar-refractivity contribution is 6.41. The largest absolute Gasteiger partial charge is 0.479 e. The van der Waals surface area contributed by atoms with Crippen molar-refractivity contribution in [1.82, 2.24) is 0 Å². The fourth-order valence-corrected chi connectivity index (χ4v) is 0.401. The van der Waals surface area contributed by atoms with Crippen molar-refractivity contribution < 1.29 is 24.9 Å². The average molecular weight is 181 g/mol. The van der Waals surface area contributed by atoms with Crippen molar-refractivity contribution in [2.24, 2.45) is 0 Å². The summed E-state index contributed by atoms with van der Waals surface area (Å²) in [4.78, 5) is 19.9. The summed E-state index contributed by atoms with van der Waals surface area (Å²) in [6.45, 7) is 0. The molecule has 0 saturated carbocycles. The van der Waals surface area contributed by atoms with E-state index in [4.69, 9.17) is 26.9 Å². The van der Waals surface area contributed by atoms with Gasteiger partial charge in [-0.05, 0) is 6.08 Å². The van der Waals surface area contributed by atoms with Gasteiger partial charge in [0.05, 0.1) is 0 Å². The number of carbonyl (C=O) groups is 2. The van der Waals surface area contributed by atoms with Crippen molar-refractivity contribution in [3.63, 3.8) is 0 Å². The van der Waals surface area contributed by atoms with E-state index in [1.165, 1.54) is 0 Å². The fourth-order valence-electron chi connectivity index (χ4n) is 0.281. The second kappa shape index (κ2) is 3.95.